The van der Waals surface area contributed by atoms with E-state index in [4.69, 9.17) is 23.2 Å². The number of pyridine rings is 1. The van der Waals surface area contributed by atoms with Crippen molar-refractivity contribution in [3.05, 3.63) is 57.3 Å². The molecule has 0 spiro atoms. The SMILES string of the molecule is Cc1ccc(C(=O)N[C@@H]2C(=O)Nc3c2ccc(Cl)c3Cl)cn1. The van der Waals surface area contributed by atoms with E-state index in [1.807, 2.05) is 6.92 Å². The Bertz CT molecular complexity index is 775. The fraction of sp³-hybridized carbons (Fsp3) is 0.133. The standard InChI is InChI=1S/C15H11Cl2N3O2/c1-7-2-3-8(6-18-7)14(21)20-13-9-4-5-10(16)11(17)12(9)19-15(13)22/h2-6,13H,1H3,(H,19,22)(H,20,21)/t13-/m0/s1. The second kappa shape index (κ2) is 5.59. The molecule has 112 valence electrons. The lowest BCUT2D eigenvalue weighted by Gasteiger charge is -2.12. The predicted molar refractivity (Wildman–Crippen MR) is 84.3 cm³/mol. The van der Waals surface area contributed by atoms with E-state index in [-0.39, 0.29) is 16.8 Å². The fourth-order valence-electron chi connectivity index (χ4n) is 2.23. The number of aryl methyl sites for hydroxylation is 1. The average molecular weight is 336 g/mol. The molecule has 3 rings (SSSR count). The number of hydrogen-bond acceptors (Lipinski definition) is 3. The minimum atomic E-state index is -0.807. The summed E-state index contributed by atoms with van der Waals surface area (Å²) in [5.74, 6) is -0.737. The molecule has 0 unspecified atom stereocenters. The maximum atomic E-state index is 12.2. The highest BCUT2D eigenvalue weighted by atomic mass is 35.5. The highest BCUT2D eigenvalue weighted by molar-refractivity contribution is 6.44. The molecule has 0 radical (unpaired) electrons. The van der Waals surface area contributed by atoms with Crippen molar-refractivity contribution in [2.75, 3.05) is 5.32 Å². The van der Waals surface area contributed by atoms with Gasteiger partial charge >= 0.3 is 0 Å². The fourth-order valence-corrected chi connectivity index (χ4v) is 2.61. The quantitative estimate of drug-likeness (QED) is 0.885. The van der Waals surface area contributed by atoms with E-state index in [0.29, 0.717) is 21.8 Å². The summed E-state index contributed by atoms with van der Waals surface area (Å²) in [7, 11) is 0. The van der Waals surface area contributed by atoms with Gasteiger partial charge in [-0.2, -0.15) is 0 Å². The molecule has 22 heavy (non-hydrogen) atoms. The summed E-state index contributed by atoms with van der Waals surface area (Å²) in [6.45, 7) is 1.83. The molecule has 1 aliphatic rings. The van der Waals surface area contributed by atoms with Crippen LogP contribution in [0.1, 0.15) is 27.7 Å². The van der Waals surface area contributed by atoms with E-state index in [2.05, 4.69) is 15.6 Å². The molecule has 1 aromatic heterocycles. The Balaban J connectivity index is 1.88. The summed E-state index contributed by atoms with van der Waals surface area (Å²) < 4.78 is 0. The van der Waals surface area contributed by atoms with Crippen LogP contribution in [0.5, 0.6) is 0 Å². The molecule has 1 atom stereocenters. The average Bonchev–Trinajstić information content (AvgIpc) is 2.81. The Kier molecular flexibility index (Phi) is 3.76. The number of rotatable bonds is 2. The molecule has 0 saturated heterocycles. The van der Waals surface area contributed by atoms with E-state index in [1.165, 1.54) is 6.20 Å². The lowest BCUT2D eigenvalue weighted by molar-refractivity contribution is -0.117. The summed E-state index contributed by atoms with van der Waals surface area (Å²) in [5.41, 5.74) is 2.22. The number of fused-ring (bicyclic) bond motifs is 1. The van der Waals surface area contributed by atoms with Crippen LogP contribution in [0.25, 0.3) is 0 Å². The lowest BCUT2D eigenvalue weighted by Crippen LogP contribution is -2.32. The van der Waals surface area contributed by atoms with Crippen LogP contribution in [-0.4, -0.2) is 16.8 Å². The van der Waals surface area contributed by atoms with Gasteiger partial charge in [0.15, 0.2) is 0 Å². The van der Waals surface area contributed by atoms with Crippen molar-refractivity contribution in [1.82, 2.24) is 10.3 Å². The van der Waals surface area contributed by atoms with Crippen LogP contribution in [-0.2, 0) is 4.79 Å². The van der Waals surface area contributed by atoms with Gasteiger partial charge in [0.25, 0.3) is 11.8 Å². The molecule has 0 fully saturated rings. The molecular weight excluding hydrogens is 325 g/mol. The van der Waals surface area contributed by atoms with Gasteiger partial charge in [-0.15, -0.1) is 0 Å². The van der Waals surface area contributed by atoms with E-state index in [1.54, 1.807) is 24.3 Å². The molecule has 7 heteroatoms. The molecule has 0 bridgehead atoms. The topological polar surface area (TPSA) is 71.1 Å². The normalized spacial score (nSPS) is 16.1. The van der Waals surface area contributed by atoms with Gasteiger partial charge in [-0.1, -0.05) is 29.3 Å². The minimum absolute atomic E-state index is 0.265. The van der Waals surface area contributed by atoms with Gasteiger partial charge in [0.2, 0.25) is 0 Å². The van der Waals surface area contributed by atoms with Gasteiger partial charge in [0.05, 0.1) is 21.3 Å². The van der Waals surface area contributed by atoms with Gasteiger partial charge in [-0.05, 0) is 25.1 Å². The first kappa shape index (κ1) is 14.8. The molecular formula is C15H11Cl2N3O2. The third-order valence-corrected chi connectivity index (χ3v) is 4.20. The van der Waals surface area contributed by atoms with Crippen LogP contribution >= 0.6 is 23.2 Å². The van der Waals surface area contributed by atoms with E-state index >= 15 is 0 Å². The van der Waals surface area contributed by atoms with E-state index < -0.39 is 6.04 Å². The Labute approximate surface area is 136 Å². The maximum absolute atomic E-state index is 12.2. The van der Waals surface area contributed by atoms with Gasteiger partial charge in [-0.3, -0.25) is 14.6 Å². The smallest absolute Gasteiger partial charge is 0.253 e. The molecule has 5 nitrogen and oxygen atoms in total. The largest absolute Gasteiger partial charge is 0.336 e. The zero-order valence-corrected chi connectivity index (χ0v) is 13.0. The number of nitrogens with zero attached hydrogens (tertiary/aromatic N) is 1. The Morgan fingerprint density at radius 1 is 1.27 bits per heavy atom. The van der Waals surface area contributed by atoms with Crippen molar-refractivity contribution in [2.45, 2.75) is 13.0 Å². The van der Waals surface area contributed by atoms with E-state index in [9.17, 15) is 9.59 Å². The molecule has 2 aromatic rings. The van der Waals surface area contributed by atoms with Crippen LogP contribution in [0.3, 0.4) is 0 Å². The monoisotopic (exact) mass is 335 g/mol. The number of anilines is 1. The number of carbonyl (C=O) groups is 2. The summed E-state index contributed by atoms with van der Waals surface area (Å²) in [4.78, 5) is 28.4. The Morgan fingerprint density at radius 2 is 2.05 bits per heavy atom. The molecule has 2 heterocycles. The number of carbonyl (C=O) groups excluding carboxylic acids is 2. The van der Waals surface area contributed by atoms with Crippen molar-refractivity contribution >= 4 is 40.7 Å². The van der Waals surface area contributed by atoms with Gasteiger partial charge < -0.3 is 10.6 Å². The van der Waals surface area contributed by atoms with Crippen molar-refractivity contribution in [3.8, 4) is 0 Å². The molecule has 0 aliphatic carbocycles. The van der Waals surface area contributed by atoms with Crippen LogP contribution in [0.2, 0.25) is 10.0 Å². The second-order valence-electron chi connectivity index (χ2n) is 4.91. The van der Waals surface area contributed by atoms with Crippen LogP contribution in [0.4, 0.5) is 5.69 Å². The first-order valence-corrected chi connectivity index (χ1v) is 7.25. The highest BCUT2D eigenvalue weighted by Gasteiger charge is 2.34. The summed E-state index contributed by atoms with van der Waals surface area (Å²) in [6, 6.07) is 5.84. The number of benzene rings is 1. The van der Waals surface area contributed by atoms with Crippen molar-refractivity contribution in [1.29, 1.82) is 0 Å². The Morgan fingerprint density at radius 3 is 2.73 bits per heavy atom. The van der Waals surface area contributed by atoms with Crippen molar-refractivity contribution in [2.24, 2.45) is 0 Å². The number of halogens is 2. The number of hydrogen-bond donors (Lipinski definition) is 2. The summed E-state index contributed by atoms with van der Waals surface area (Å²) >= 11 is 12.0. The summed E-state index contributed by atoms with van der Waals surface area (Å²) in [5, 5.41) is 5.92. The van der Waals surface area contributed by atoms with Crippen LogP contribution in [0, 0.1) is 6.92 Å². The highest BCUT2D eigenvalue weighted by Crippen LogP contribution is 2.40. The first-order chi connectivity index (χ1) is 10.5. The maximum Gasteiger partial charge on any atom is 0.253 e. The van der Waals surface area contributed by atoms with E-state index in [0.717, 1.165) is 5.69 Å². The van der Waals surface area contributed by atoms with Gasteiger partial charge in [-0.25, -0.2) is 0 Å². The Hall–Kier alpha value is -2.11. The second-order valence-corrected chi connectivity index (χ2v) is 5.69. The predicted octanol–water partition coefficient (Wildman–Crippen LogP) is 3.12. The van der Waals surface area contributed by atoms with Gasteiger partial charge in [0.1, 0.15) is 6.04 Å². The molecule has 1 aliphatic heterocycles. The number of aromatic nitrogens is 1. The van der Waals surface area contributed by atoms with Crippen molar-refractivity contribution in [3.63, 3.8) is 0 Å². The number of amides is 2. The number of nitrogens with one attached hydrogen (secondary N) is 2. The minimum Gasteiger partial charge on any atom is -0.336 e. The lowest BCUT2D eigenvalue weighted by atomic mass is 10.1. The summed E-state index contributed by atoms with van der Waals surface area (Å²) in [6.07, 6.45) is 1.47. The van der Waals surface area contributed by atoms with Crippen LogP contribution < -0.4 is 10.6 Å². The molecule has 1 aromatic carbocycles. The van der Waals surface area contributed by atoms with Crippen molar-refractivity contribution < 1.29 is 9.59 Å². The molecule has 2 amide bonds. The third kappa shape index (κ3) is 2.53. The van der Waals surface area contributed by atoms with Crippen LogP contribution in [0.15, 0.2) is 30.5 Å². The third-order valence-electron chi connectivity index (χ3n) is 3.40. The molecule has 0 saturated carbocycles. The first-order valence-electron chi connectivity index (χ1n) is 6.49. The zero-order chi connectivity index (χ0) is 15.9. The van der Waals surface area contributed by atoms with Gasteiger partial charge in [0, 0.05) is 17.5 Å². The molecule has 2 N–H and O–H groups in total. The zero-order valence-electron chi connectivity index (χ0n) is 11.5.